The van der Waals surface area contributed by atoms with Gasteiger partial charge in [0.15, 0.2) is 11.9 Å². The van der Waals surface area contributed by atoms with Crippen LogP contribution in [-0.4, -0.2) is 42.3 Å². The fourth-order valence-electron chi connectivity index (χ4n) is 2.73. The summed E-state index contributed by atoms with van der Waals surface area (Å²) in [6, 6.07) is 9.90. The van der Waals surface area contributed by atoms with Crippen LogP contribution < -0.4 is 9.47 Å². The molecule has 0 saturated carbocycles. The lowest BCUT2D eigenvalue weighted by atomic mass is 10.1. The number of carbonyl (C=O) groups is 3. The van der Waals surface area contributed by atoms with E-state index in [4.69, 9.17) is 9.47 Å². The highest BCUT2D eigenvalue weighted by atomic mass is 19.1. The fraction of sp³-hybridized carbons (Fsp3) is 0.211. The first-order valence-electron chi connectivity index (χ1n) is 7.90. The standard InChI is InChI=1S/C19H16FNO5/c1-11-18(23)21(19(24)13-5-3-4-6-17(13)26-11)10-15(22)14-9-12(20)7-8-16(14)25-2/h3-9,11H,10H2,1-2H3/t11-/m1/s1. The lowest BCUT2D eigenvalue weighted by Gasteiger charge is -2.20. The summed E-state index contributed by atoms with van der Waals surface area (Å²) in [5.74, 6) is -2.08. The number of fused-ring (bicyclic) bond motifs is 1. The second-order valence-electron chi connectivity index (χ2n) is 5.75. The van der Waals surface area contributed by atoms with E-state index in [1.54, 1.807) is 18.2 Å². The Labute approximate surface area is 149 Å². The van der Waals surface area contributed by atoms with Crippen LogP contribution in [0, 0.1) is 5.82 Å². The number of amides is 2. The van der Waals surface area contributed by atoms with E-state index < -0.39 is 36.1 Å². The SMILES string of the molecule is COc1ccc(F)cc1C(=O)CN1C(=O)c2ccccc2O[C@H](C)C1=O. The van der Waals surface area contributed by atoms with Crippen molar-refractivity contribution in [3.8, 4) is 11.5 Å². The molecule has 0 aliphatic carbocycles. The van der Waals surface area contributed by atoms with Gasteiger partial charge in [-0.05, 0) is 37.3 Å². The molecule has 2 aromatic rings. The van der Waals surface area contributed by atoms with E-state index in [-0.39, 0.29) is 22.6 Å². The summed E-state index contributed by atoms with van der Waals surface area (Å²) in [6.45, 7) is 0.956. The molecule has 0 bridgehead atoms. The summed E-state index contributed by atoms with van der Waals surface area (Å²) in [4.78, 5) is 38.7. The quantitative estimate of drug-likeness (QED) is 0.621. The first-order chi connectivity index (χ1) is 12.4. The van der Waals surface area contributed by atoms with Crippen LogP contribution in [0.5, 0.6) is 11.5 Å². The van der Waals surface area contributed by atoms with Crippen molar-refractivity contribution in [2.75, 3.05) is 13.7 Å². The number of hydrogen-bond donors (Lipinski definition) is 0. The molecule has 1 aliphatic rings. The van der Waals surface area contributed by atoms with Crippen molar-refractivity contribution in [2.45, 2.75) is 13.0 Å². The minimum absolute atomic E-state index is 0.0424. The fourth-order valence-corrected chi connectivity index (χ4v) is 2.73. The molecule has 134 valence electrons. The Bertz CT molecular complexity index is 895. The Morgan fingerprint density at radius 2 is 1.96 bits per heavy atom. The number of ether oxygens (including phenoxy) is 2. The van der Waals surface area contributed by atoms with Crippen LogP contribution >= 0.6 is 0 Å². The highest BCUT2D eigenvalue weighted by Gasteiger charge is 2.35. The minimum Gasteiger partial charge on any atom is -0.496 e. The maximum Gasteiger partial charge on any atom is 0.270 e. The van der Waals surface area contributed by atoms with Gasteiger partial charge in [0.1, 0.15) is 17.3 Å². The number of para-hydroxylation sites is 1. The zero-order chi connectivity index (χ0) is 18.8. The zero-order valence-electron chi connectivity index (χ0n) is 14.2. The monoisotopic (exact) mass is 357 g/mol. The molecule has 0 radical (unpaired) electrons. The molecule has 1 atom stereocenters. The predicted octanol–water partition coefficient (Wildman–Crippen LogP) is 2.47. The second-order valence-corrected chi connectivity index (χ2v) is 5.75. The van der Waals surface area contributed by atoms with E-state index in [0.29, 0.717) is 0 Å². The average molecular weight is 357 g/mol. The van der Waals surface area contributed by atoms with Crippen molar-refractivity contribution < 1.29 is 28.2 Å². The van der Waals surface area contributed by atoms with Crippen LogP contribution in [0.2, 0.25) is 0 Å². The van der Waals surface area contributed by atoms with Crippen molar-refractivity contribution >= 4 is 17.6 Å². The van der Waals surface area contributed by atoms with Crippen molar-refractivity contribution in [1.82, 2.24) is 4.90 Å². The smallest absolute Gasteiger partial charge is 0.270 e. The number of carbonyl (C=O) groups excluding carboxylic acids is 3. The molecule has 2 amide bonds. The average Bonchev–Trinajstić information content (AvgIpc) is 2.72. The maximum atomic E-state index is 13.5. The maximum absolute atomic E-state index is 13.5. The van der Waals surface area contributed by atoms with Gasteiger partial charge in [-0.3, -0.25) is 19.3 Å². The summed E-state index contributed by atoms with van der Waals surface area (Å²) in [6.07, 6.45) is -0.940. The molecule has 0 spiro atoms. The number of methoxy groups -OCH3 is 1. The van der Waals surface area contributed by atoms with Crippen LogP contribution in [0.1, 0.15) is 27.6 Å². The van der Waals surface area contributed by atoms with Crippen molar-refractivity contribution in [1.29, 1.82) is 0 Å². The van der Waals surface area contributed by atoms with Gasteiger partial charge in [0.2, 0.25) is 0 Å². The molecule has 0 N–H and O–H groups in total. The molecule has 0 aromatic heterocycles. The molecule has 2 aromatic carbocycles. The normalized spacial score (nSPS) is 16.6. The number of nitrogens with zero attached hydrogens (tertiary/aromatic N) is 1. The van der Waals surface area contributed by atoms with Crippen molar-refractivity contribution in [3.63, 3.8) is 0 Å². The first kappa shape index (κ1) is 17.6. The van der Waals surface area contributed by atoms with E-state index in [2.05, 4.69) is 0 Å². The number of benzene rings is 2. The number of rotatable bonds is 4. The van der Waals surface area contributed by atoms with Crippen LogP contribution in [0.15, 0.2) is 42.5 Å². The minimum atomic E-state index is -0.940. The Morgan fingerprint density at radius 1 is 1.23 bits per heavy atom. The number of Topliss-reactive ketones (excluding diaryl/α,β-unsaturated/α-hetero) is 1. The molecule has 3 rings (SSSR count). The van der Waals surface area contributed by atoms with Gasteiger partial charge in [-0.1, -0.05) is 12.1 Å². The Hall–Kier alpha value is -3.22. The molecule has 0 saturated heterocycles. The second kappa shape index (κ2) is 6.95. The molecule has 0 fully saturated rings. The van der Waals surface area contributed by atoms with Crippen molar-refractivity contribution in [2.24, 2.45) is 0 Å². The highest BCUT2D eigenvalue weighted by Crippen LogP contribution is 2.26. The van der Waals surface area contributed by atoms with E-state index >= 15 is 0 Å². The van der Waals surface area contributed by atoms with Crippen LogP contribution in [-0.2, 0) is 4.79 Å². The van der Waals surface area contributed by atoms with Gasteiger partial charge < -0.3 is 9.47 Å². The predicted molar refractivity (Wildman–Crippen MR) is 89.9 cm³/mol. The van der Waals surface area contributed by atoms with Gasteiger partial charge in [0.25, 0.3) is 11.8 Å². The zero-order valence-corrected chi connectivity index (χ0v) is 14.2. The highest BCUT2D eigenvalue weighted by molar-refractivity contribution is 6.12. The third-order valence-corrected chi connectivity index (χ3v) is 4.04. The summed E-state index contributed by atoms with van der Waals surface area (Å²) in [5.41, 5.74) is 0.142. The lowest BCUT2D eigenvalue weighted by Crippen LogP contribution is -2.44. The van der Waals surface area contributed by atoms with Gasteiger partial charge in [-0.2, -0.15) is 0 Å². The summed E-state index contributed by atoms with van der Waals surface area (Å²) < 4.78 is 24.1. The van der Waals surface area contributed by atoms with Crippen LogP contribution in [0.25, 0.3) is 0 Å². The van der Waals surface area contributed by atoms with E-state index in [1.165, 1.54) is 26.2 Å². The molecule has 26 heavy (non-hydrogen) atoms. The van der Waals surface area contributed by atoms with Crippen LogP contribution in [0.3, 0.4) is 0 Å². The number of halogens is 1. The lowest BCUT2D eigenvalue weighted by molar-refractivity contribution is -0.134. The molecule has 1 aliphatic heterocycles. The van der Waals surface area contributed by atoms with E-state index in [9.17, 15) is 18.8 Å². The summed E-state index contributed by atoms with van der Waals surface area (Å²) in [7, 11) is 1.35. The molecular formula is C19H16FNO5. The van der Waals surface area contributed by atoms with Gasteiger partial charge in [0.05, 0.1) is 24.8 Å². The number of hydrogen-bond acceptors (Lipinski definition) is 5. The topological polar surface area (TPSA) is 72.9 Å². The van der Waals surface area contributed by atoms with Gasteiger partial charge >= 0.3 is 0 Å². The molecule has 6 nitrogen and oxygen atoms in total. The third kappa shape index (κ3) is 3.15. The Balaban J connectivity index is 1.95. The molecule has 1 heterocycles. The molecule has 7 heteroatoms. The van der Waals surface area contributed by atoms with Gasteiger partial charge in [-0.15, -0.1) is 0 Å². The molecule has 0 unspecified atom stereocenters. The van der Waals surface area contributed by atoms with E-state index in [0.717, 1.165) is 17.0 Å². The first-order valence-corrected chi connectivity index (χ1v) is 7.90. The van der Waals surface area contributed by atoms with Gasteiger partial charge in [-0.25, -0.2) is 4.39 Å². The van der Waals surface area contributed by atoms with Crippen molar-refractivity contribution in [3.05, 3.63) is 59.4 Å². The third-order valence-electron chi connectivity index (χ3n) is 4.04. The number of ketones is 1. The van der Waals surface area contributed by atoms with E-state index in [1.807, 2.05) is 0 Å². The largest absolute Gasteiger partial charge is 0.496 e. The van der Waals surface area contributed by atoms with Crippen LogP contribution in [0.4, 0.5) is 4.39 Å². The Kier molecular flexibility index (Phi) is 4.71. The number of imide groups is 1. The summed E-state index contributed by atoms with van der Waals surface area (Å²) >= 11 is 0. The Morgan fingerprint density at radius 3 is 2.69 bits per heavy atom. The summed E-state index contributed by atoms with van der Waals surface area (Å²) in [5, 5.41) is 0. The van der Waals surface area contributed by atoms with Gasteiger partial charge in [0, 0.05) is 0 Å². The molecular weight excluding hydrogens is 341 g/mol.